The van der Waals surface area contributed by atoms with Crippen molar-refractivity contribution in [2.45, 2.75) is 39.5 Å². The molecule has 5 aromatic heterocycles. The maximum atomic E-state index is 6.73. The maximum Gasteiger partial charge on any atom is 0.165 e. The van der Waals surface area contributed by atoms with Crippen LogP contribution in [0.3, 0.4) is 0 Å². The quantitative estimate of drug-likeness (QED) is 0.166. The lowest BCUT2D eigenvalue weighted by molar-refractivity contribution is 0.484. The van der Waals surface area contributed by atoms with Gasteiger partial charge in [-0.05, 0) is 94.6 Å². The molecule has 0 spiro atoms. The first-order valence-corrected chi connectivity index (χ1v) is 18.9. The molecule has 0 fully saturated rings. The Morgan fingerprint density at radius 3 is 1.76 bits per heavy atom. The number of benzene rings is 6. The van der Waals surface area contributed by atoms with Gasteiger partial charge in [0.05, 0.1) is 27.6 Å². The lowest BCUT2D eigenvalue weighted by atomic mass is 9.84. The van der Waals surface area contributed by atoms with Crippen LogP contribution in [0, 0.1) is 0 Å². The van der Waals surface area contributed by atoms with Crippen molar-refractivity contribution in [3.63, 3.8) is 0 Å². The molecule has 0 amide bonds. The second kappa shape index (κ2) is 11.8. The first kappa shape index (κ1) is 31.6. The van der Waals surface area contributed by atoms with Crippen LogP contribution in [0.15, 0.2) is 134 Å². The van der Waals surface area contributed by atoms with Gasteiger partial charge in [-0.2, -0.15) is 0 Å². The zero-order chi connectivity index (χ0) is 36.9. The van der Waals surface area contributed by atoms with Crippen LogP contribution in [0.1, 0.15) is 50.7 Å². The van der Waals surface area contributed by atoms with Crippen LogP contribution in [-0.2, 0) is 0 Å². The molecule has 11 rings (SSSR count). The first-order chi connectivity index (χ1) is 26.9. The van der Waals surface area contributed by atoms with E-state index in [2.05, 4.69) is 134 Å². The van der Waals surface area contributed by atoms with Crippen LogP contribution in [0.25, 0.3) is 88.1 Å². The number of hydrogen-bond donors (Lipinski definition) is 0. The van der Waals surface area contributed by atoms with E-state index in [4.69, 9.17) is 24.7 Å². The lowest BCUT2D eigenvalue weighted by Gasteiger charge is -2.22. The molecule has 7 heteroatoms. The van der Waals surface area contributed by atoms with Crippen molar-refractivity contribution < 1.29 is 4.74 Å². The van der Waals surface area contributed by atoms with Crippen molar-refractivity contribution in [2.75, 3.05) is 0 Å². The Labute approximate surface area is 316 Å². The molecular formula is C48H36N6O. The molecule has 7 nitrogen and oxygen atoms in total. The highest BCUT2D eigenvalue weighted by Crippen LogP contribution is 2.44. The van der Waals surface area contributed by atoms with Crippen molar-refractivity contribution in [1.29, 1.82) is 0 Å². The van der Waals surface area contributed by atoms with E-state index in [9.17, 15) is 0 Å². The summed E-state index contributed by atoms with van der Waals surface area (Å²) in [7, 11) is 0. The number of rotatable bonds is 5. The molecule has 11 aromatic rings. The van der Waals surface area contributed by atoms with Crippen LogP contribution in [0.4, 0.5) is 0 Å². The fourth-order valence-electron chi connectivity index (χ4n) is 8.73. The van der Waals surface area contributed by atoms with Crippen LogP contribution in [-0.4, -0.2) is 28.7 Å². The van der Waals surface area contributed by atoms with Gasteiger partial charge in [0.2, 0.25) is 0 Å². The van der Waals surface area contributed by atoms with Gasteiger partial charge < -0.3 is 4.74 Å². The predicted octanol–water partition coefficient (Wildman–Crippen LogP) is 12.4. The van der Waals surface area contributed by atoms with Crippen molar-refractivity contribution in [3.8, 4) is 22.6 Å². The topological polar surface area (TPSA) is 69.6 Å². The molecule has 0 atom stereocenters. The molecule has 0 bridgehead atoms. The SMILES string of the molecule is CC(C)c1cccc(C(C)C)c1-c1cccc2c3ccc(Oc4ccc5c(c4)c4nc6ccccc6n4c4nccnc54)cc3c3nc4ccccc4n3c12. The molecule has 0 aliphatic rings. The van der Waals surface area contributed by atoms with E-state index in [1.54, 1.807) is 12.4 Å². The minimum Gasteiger partial charge on any atom is -0.457 e. The van der Waals surface area contributed by atoms with E-state index in [1.807, 2.05) is 24.3 Å². The normalized spacial score (nSPS) is 12.3. The highest BCUT2D eigenvalue weighted by Gasteiger charge is 2.22. The van der Waals surface area contributed by atoms with Gasteiger partial charge in [0.25, 0.3) is 0 Å². The highest BCUT2D eigenvalue weighted by molar-refractivity contribution is 6.17. The van der Waals surface area contributed by atoms with Gasteiger partial charge in [0.1, 0.15) is 28.3 Å². The molecule has 0 unspecified atom stereocenters. The second-order valence-corrected chi connectivity index (χ2v) is 15.1. The average Bonchev–Trinajstić information content (AvgIpc) is 3.80. The number of ether oxygens (including phenoxy) is 1. The van der Waals surface area contributed by atoms with Gasteiger partial charge in [0, 0.05) is 39.5 Å². The largest absolute Gasteiger partial charge is 0.457 e. The smallest absolute Gasteiger partial charge is 0.165 e. The Bertz CT molecular complexity index is 3350. The Balaban J connectivity index is 1.14. The van der Waals surface area contributed by atoms with E-state index in [-0.39, 0.29) is 0 Å². The van der Waals surface area contributed by atoms with Crippen LogP contribution < -0.4 is 4.74 Å². The number of imidazole rings is 2. The van der Waals surface area contributed by atoms with Crippen molar-refractivity contribution >= 4 is 77.0 Å². The number of para-hydroxylation sites is 5. The van der Waals surface area contributed by atoms with E-state index < -0.39 is 0 Å². The molecular weight excluding hydrogens is 677 g/mol. The van der Waals surface area contributed by atoms with Crippen LogP contribution in [0.2, 0.25) is 0 Å². The van der Waals surface area contributed by atoms with Crippen molar-refractivity contribution in [2.24, 2.45) is 0 Å². The number of aromatic nitrogens is 6. The first-order valence-electron chi connectivity index (χ1n) is 18.9. The monoisotopic (exact) mass is 712 g/mol. The van der Waals surface area contributed by atoms with Crippen molar-refractivity contribution in [3.05, 3.63) is 145 Å². The second-order valence-electron chi connectivity index (χ2n) is 15.1. The molecule has 6 aromatic carbocycles. The van der Waals surface area contributed by atoms with Crippen LogP contribution in [0.5, 0.6) is 11.5 Å². The van der Waals surface area contributed by atoms with E-state index >= 15 is 0 Å². The minimum absolute atomic E-state index is 0.365. The maximum absolute atomic E-state index is 6.73. The molecule has 264 valence electrons. The summed E-state index contributed by atoms with van der Waals surface area (Å²) in [5, 5.41) is 5.27. The number of fused-ring (bicyclic) bond motifs is 16. The Hall–Kier alpha value is -6.86. The van der Waals surface area contributed by atoms with Crippen molar-refractivity contribution in [1.82, 2.24) is 28.7 Å². The van der Waals surface area contributed by atoms with Gasteiger partial charge in [-0.3, -0.25) is 13.8 Å². The number of hydrogen-bond acceptors (Lipinski definition) is 5. The summed E-state index contributed by atoms with van der Waals surface area (Å²) in [6.45, 7) is 9.16. The summed E-state index contributed by atoms with van der Waals surface area (Å²) in [5.74, 6) is 2.17. The van der Waals surface area contributed by atoms with E-state index in [0.717, 1.165) is 71.8 Å². The molecule has 0 radical (unpaired) electrons. The van der Waals surface area contributed by atoms with Crippen LogP contribution >= 0.6 is 0 Å². The highest BCUT2D eigenvalue weighted by atomic mass is 16.5. The van der Waals surface area contributed by atoms with Gasteiger partial charge in [0.15, 0.2) is 5.65 Å². The summed E-state index contributed by atoms with van der Waals surface area (Å²) >= 11 is 0. The zero-order valence-electron chi connectivity index (χ0n) is 30.9. The summed E-state index contributed by atoms with van der Waals surface area (Å²) in [6.07, 6.45) is 3.47. The number of nitrogens with zero attached hydrogens (tertiary/aromatic N) is 6. The van der Waals surface area contributed by atoms with E-state index in [1.165, 1.54) is 33.2 Å². The zero-order valence-corrected chi connectivity index (χ0v) is 30.9. The third-order valence-corrected chi connectivity index (χ3v) is 11.2. The Morgan fingerprint density at radius 1 is 0.491 bits per heavy atom. The Kier molecular flexibility index (Phi) is 6.80. The van der Waals surface area contributed by atoms with Gasteiger partial charge in [-0.25, -0.2) is 15.0 Å². The summed E-state index contributed by atoms with van der Waals surface area (Å²) in [6, 6.07) is 42.7. The van der Waals surface area contributed by atoms with Gasteiger partial charge in [-0.1, -0.05) is 88.4 Å². The summed E-state index contributed by atoms with van der Waals surface area (Å²) in [4.78, 5) is 19.8. The predicted molar refractivity (Wildman–Crippen MR) is 225 cm³/mol. The average molecular weight is 713 g/mol. The third-order valence-electron chi connectivity index (χ3n) is 11.2. The summed E-state index contributed by atoms with van der Waals surface area (Å²) in [5.41, 5.74) is 13.7. The molecule has 0 N–H and O–H groups in total. The molecule has 55 heavy (non-hydrogen) atoms. The molecule has 0 saturated heterocycles. The molecule has 0 aliphatic heterocycles. The molecule has 0 saturated carbocycles. The Morgan fingerprint density at radius 2 is 1.07 bits per heavy atom. The molecule has 5 heterocycles. The fraction of sp³-hybridized carbons (Fsp3) is 0.125. The minimum atomic E-state index is 0.365. The molecule has 0 aliphatic carbocycles. The standard InChI is InChI=1S/C48H36N6O/c1-27(2)31-11-9-12-32(28(3)4)43(31)36-14-10-13-35-33-21-19-29(25-37(33)46-51-39-15-5-7-17-41(39)53(46)45(35)36)55-30-20-22-34-38(26-30)47-52-40-16-6-8-18-42(40)54(47)48-44(34)49-23-24-50-48/h5-28H,1-4H3. The lowest BCUT2D eigenvalue weighted by Crippen LogP contribution is -2.02. The fourth-order valence-corrected chi connectivity index (χ4v) is 8.73. The number of pyridine rings is 2. The summed E-state index contributed by atoms with van der Waals surface area (Å²) < 4.78 is 11.2. The van der Waals surface area contributed by atoms with Gasteiger partial charge in [-0.15, -0.1) is 0 Å². The van der Waals surface area contributed by atoms with E-state index in [0.29, 0.717) is 17.6 Å². The third kappa shape index (κ3) is 4.62. The van der Waals surface area contributed by atoms with Gasteiger partial charge >= 0.3 is 0 Å².